The van der Waals surface area contributed by atoms with Crippen LogP contribution in [0.3, 0.4) is 0 Å². The van der Waals surface area contributed by atoms with Gasteiger partial charge >= 0.3 is 5.97 Å². The highest BCUT2D eigenvalue weighted by molar-refractivity contribution is 5.85. The molecule has 1 rings (SSSR count). The number of rotatable bonds is 4. The van der Waals surface area contributed by atoms with Gasteiger partial charge in [0.05, 0.1) is 6.10 Å². The highest BCUT2D eigenvalue weighted by Gasteiger charge is 2.02. The van der Waals surface area contributed by atoms with E-state index in [1.165, 1.54) is 0 Å². The molecule has 0 heterocycles. The zero-order valence-corrected chi connectivity index (χ0v) is 9.73. The van der Waals surface area contributed by atoms with E-state index >= 15 is 0 Å². The maximum absolute atomic E-state index is 10.4. The van der Waals surface area contributed by atoms with Crippen LogP contribution in [-0.2, 0) is 4.79 Å². The summed E-state index contributed by atoms with van der Waals surface area (Å²) in [5, 5.41) is 8.51. The summed E-state index contributed by atoms with van der Waals surface area (Å²) in [6, 6.07) is 5.60. The Morgan fingerprint density at radius 1 is 1.44 bits per heavy atom. The summed E-state index contributed by atoms with van der Waals surface area (Å²) < 4.78 is 5.59. The molecule has 3 heteroatoms. The predicted molar refractivity (Wildman–Crippen MR) is 63.6 cm³/mol. The number of carboxylic acids is 1. The second-order valence-electron chi connectivity index (χ2n) is 3.86. The van der Waals surface area contributed by atoms with Gasteiger partial charge in [-0.25, -0.2) is 4.79 Å². The van der Waals surface area contributed by atoms with Crippen LogP contribution in [0.25, 0.3) is 6.08 Å². The zero-order valence-electron chi connectivity index (χ0n) is 9.73. The van der Waals surface area contributed by atoms with Gasteiger partial charge in [0.1, 0.15) is 5.75 Å². The van der Waals surface area contributed by atoms with Gasteiger partial charge in [0.25, 0.3) is 0 Å². The van der Waals surface area contributed by atoms with Crippen LogP contribution in [0.15, 0.2) is 24.3 Å². The van der Waals surface area contributed by atoms with E-state index in [9.17, 15) is 4.79 Å². The van der Waals surface area contributed by atoms with E-state index in [4.69, 9.17) is 9.84 Å². The van der Waals surface area contributed by atoms with E-state index in [1.807, 2.05) is 39.0 Å². The molecular formula is C13H16O3. The fraction of sp³-hybridized carbons (Fsp3) is 0.308. The summed E-state index contributed by atoms with van der Waals surface area (Å²) >= 11 is 0. The van der Waals surface area contributed by atoms with Crippen molar-refractivity contribution in [1.29, 1.82) is 0 Å². The Bertz CT molecular complexity index is 406. The van der Waals surface area contributed by atoms with Crippen LogP contribution in [0, 0.1) is 6.92 Å². The Morgan fingerprint density at radius 3 is 2.62 bits per heavy atom. The first-order valence-corrected chi connectivity index (χ1v) is 5.17. The van der Waals surface area contributed by atoms with Crippen molar-refractivity contribution in [2.75, 3.05) is 0 Å². The zero-order chi connectivity index (χ0) is 12.1. The van der Waals surface area contributed by atoms with Crippen molar-refractivity contribution in [3.63, 3.8) is 0 Å². The Kier molecular flexibility index (Phi) is 4.11. The third-order valence-corrected chi connectivity index (χ3v) is 1.98. The van der Waals surface area contributed by atoms with E-state index in [0.29, 0.717) is 0 Å². The van der Waals surface area contributed by atoms with Gasteiger partial charge in [-0.15, -0.1) is 0 Å². The first-order valence-electron chi connectivity index (χ1n) is 5.17. The van der Waals surface area contributed by atoms with Crippen LogP contribution in [0.5, 0.6) is 5.75 Å². The SMILES string of the molecule is Cc1cc(C=CC(=O)O)ccc1OC(C)C. The summed E-state index contributed by atoms with van der Waals surface area (Å²) in [6.45, 7) is 5.88. The van der Waals surface area contributed by atoms with E-state index in [-0.39, 0.29) is 6.10 Å². The summed E-state index contributed by atoms with van der Waals surface area (Å²) in [4.78, 5) is 10.4. The molecule has 0 unspecified atom stereocenters. The third-order valence-electron chi connectivity index (χ3n) is 1.98. The molecule has 0 aromatic heterocycles. The van der Waals surface area contributed by atoms with Crippen LogP contribution in [0.4, 0.5) is 0 Å². The van der Waals surface area contributed by atoms with Crippen molar-refractivity contribution >= 4 is 12.0 Å². The second-order valence-corrected chi connectivity index (χ2v) is 3.86. The molecule has 0 atom stereocenters. The standard InChI is InChI=1S/C13H16O3/c1-9(2)16-12-6-4-11(8-10(12)3)5-7-13(14)15/h4-9H,1-3H3,(H,14,15). The highest BCUT2D eigenvalue weighted by Crippen LogP contribution is 2.20. The van der Waals surface area contributed by atoms with Crippen molar-refractivity contribution in [2.24, 2.45) is 0 Å². The van der Waals surface area contributed by atoms with Crippen molar-refractivity contribution in [2.45, 2.75) is 26.9 Å². The lowest BCUT2D eigenvalue weighted by molar-refractivity contribution is -0.131. The van der Waals surface area contributed by atoms with Gasteiger partial charge in [-0.3, -0.25) is 0 Å². The Hall–Kier alpha value is -1.77. The molecule has 0 saturated heterocycles. The summed E-state index contributed by atoms with van der Waals surface area (Å²) in [5.41, 5.74) is 1.86. The summed E-state index contributed by atoms with van der Waals surface area (Å²) in [7, 11) is 0. The number of benzene rings is 1. The number of hydrogen-bond donors (Lipinski definition) is 1. The normalized spacial score (nSPS) is 11.0. The number of ether oxygens (including phenoxy) is 1. The Balaban J connectivity index is 2.86. The molecule has 0 aliphatic carbocycles. The number of hydrogen-bond acceptors (Lipinski definition) is 2. The van der Waals surface area contributed by atoms with Gasteiger partial charge in [0.2, 0.25) is 0 Å². The van der Waals surface area contributed by atoms with Crippen LogP contribution in [0.2, 0.25) is 0 Å². The minimum Gasteiger partial charge on any atom is -0.491 e. The maximum atomic E-state index is 10.4. The fourth-order valence-corrected chi connectivity index (χ4v) is 1.33. The van der Waals surface area contributed by atoms with E-state index in [0.717, 1.165) is 23.0 Å². The topological polar surface area (TPSA) is 46.5 Å². The van der Waals surface area contributed by atoms with Crippen LogP contribution < -0.4 is 4.74 Å². The van der Waals surface area contributed by atoms with Crippen molar-refractivity contribution in [3.8, 4) is 5.75 Å². The average molecular weight is 220 g/mol. The molecule has 1 aromatic carbocycles. The molecule has 0 aliphatic heterocycles. The summed E-state index contributed by atoms with van der Waals surface area (Å²) in [5.74, 6) is -0.109. The molecule has 3 nitrogen and oxygen atoms in total. The number of carbonyl (C=O) groups is 1. The minimum absolute atomic E-state index is 0.138. The van der Waals surface area contributed by atoms with Gasteiger partial charge < -0.3 is 9.84 Å². The van der Waals surface area contributed by atoms with Crippen LogP contribution in [-0.4, -0.2) is 17.2 Å². The van der Waals surface area contributed by atoms with Crippen molar-refractivity contribution in [1.82, 2.24) is 0 Å². The molecule has 0 saturated carbocycles. The fourth-order valence-electron chi connectivity index (χ4n) is 1.33. The molecule has 0 aliphatic rings. The van der Waals surface area contributed by atoms with Crippen LogP contribution >= 0.6 is 0 Å². The van der Waals surface area contributed by atoms with E-state index in [1.54, 1.807) is 6.08 Å². The molecule has 86 valence electrons. The quantitative estimate of drug-likeness (QED) is 0.793. The Morgan fingerprint density at radius 2 is 2.12 bits per heavy atom. The molecule has 16 heavy (non-hydrogen) atoms. The van der Waals surface area contributed by atoms with Gasteiger partial charge in [-0.2, -0.15) is 0 Å². The highest BCUT2D eigenvalue weighted by atomic mass is 16.5. The largest absolute Gasteiger partial charge is 0.491 e. The summed E-state index contributed by atoms with van der Waals surface area (Å²) in [6.07, 6.45) is 2.82. The number of carboxylic acid groups (broad SMARTS) is 1. The molecule has 1 N–H and O–H groups in total. The monoisotopic (exact) mass is 220 g/mol. The van der Waals surface area contributed by atoms with Crippen molar-refractivity contribution in [3.05, 3.63) is 35.4 Å². The number of aliphatic carboxylic acids is 1. The van der Waals surface area contributed by atoms with Gasteiger partial charge in [0.15, 0.2) is 0 Å². The minimum atomic E-state index is -0.944. The second kappa shape index (κ2) is 5.35. The molecule has 0 radical (unpaired) electrons. The first kappa shape index (κ1) is 12.3. The smallest absolute Gasteiger partial charge is 0.328 e. The molecule has 0 bridgehead atoms. The van der Waals surface area contributed by atoms with E-state index in [2.05, 4.69) is 0 Å². The van der Waals surface area contributed by atoms with Gasteiger partial charge in [0, 0.05) is 6.08 Å². The van der Waals surface area contributed by atoms with Crippen molar-refractivity contribution < 1.29 is 14.6 Å². The molecule has 0 fully saturated rings. The lowest BCUT2D eigenvalue weighted by Gasteiger charge is -2.12. The lowest BCUT2D eigenvalue weighted by atomic mass is 10.1. The van der Waals surface area contributed by atoms with Gasteiger partial charge in [-0.1, -0.05) is 6.07 Å². The third kappa shape index (κ3) is 3.77. The van der Waals surface area contributed by atoms with E-state index < -0.39 is 5.97 Å². The first-order chi connectivity index (χ1) is 7.49. The maximum Gasteiger partial charge on any atom is 0.328 e. The Labute approximate surface area is 95.4 Å². The molecule has 0 spiro atoms. The van der Waals surface area contributed by atoms with Crippen LogP contribution in [0.1, 0.15) is 25.0 Å². The van der Waals surface area contributed by atoms with Gasteiger partial charge in [-0.05, 0) is 50.1 Å². The lowest BCUT2D eigenvalue weighted by Crippen LogP contribution is -2.06. The number of aryl methyl sites for hydroxylation is 1. The molecule has 0 amide bonds. The average Bonchev–Trinajstić information content (AvgIpc) is 2.18. The molecule has 1 aromatic rings. The molecular weight excluding hydrogens is 204 g/mol. The predicted octanol–water partition coefficient (Wildman–Crippen LogP) is 2.88.